The Morgan fingerprint density at radius 2 is 0.444 bits per heavy atom. The van der Waals surface area contributed by atoms with Gasteiger partial charge in [0.15, 0.2) is 6.10 Å². The monoisotopic (exact) mass is 1140 g/mol. The molecule has 0 aromatic heterocycles. The molecule has 0 saturated carbocycles. The van der Waals surface area contributed by atoms with E-state index in [9.17, 15) is 14.4 Å². The van der Waals surface area contributed by atoms with Crippen LogP contribution in [0.2, 0.25) is 0 Å². The fourth-order valence-electron chi connectivity index (χ4n) is 10.8. The van der Waals surface area contributed by atoms with Crippen molar-refractivity contribution in [1.29, 1.82) is 0 Å². The number of esters is 3. The van der Waals surface area contributed by atoms with Crippen molar-refractivity contribution in [3.05, 3.63) is 48.6 Å². The molecule has 0 aliphatic heterocycles. The molecular weight excluding hydrogens is 997 g/mol. The molecule has 1 atom stereocenters. The highest BCUT2D eigenvalue weighted by Gasteiger charge is 2.19. The summed E-state index contributed by atoms with van der Waals surface area (Å²) in [6.07, 6.45) is 88.6. The minimum absolute atomic E-state index is 0.0731. The average Bonchev–Trinajstić information content (AvgIpc) is 3.47. The lowest BCUT2D eigenvalue weighted by Crippen LogP contribution is -2.30. The van der Waals surface area contributed by atoms with Gasteiger partial charge in [0.2, 0.25) is 0 Å². The van der Waals surface area contributed by atoms with Crippen LogP contribution in [0.4, 0.5) is 0 Å². The summed E-state index contributed by atoms with van der Waals surface area (Å²) in [6, 6.07) is 0. The van der Waals surface area contributed by atoms with Gasteiger partial charge in [-0.15, -0.1) is 0 Å². The van der Waals surface area contributed by atoms with Crippen LogP contribution in [-0.4, -0.2) is 37.2 Å². The molecule has 1 unspecified atom stereocenters. The molecule has 6 heteroatoms. The van der Waals surface area contributed by atoms with Gasteiger partial charge in [-0.2, -0.15) is 0 Å². The molecule has 0 spiro atoms. The van der Waals surface area contributed by atoms with Crippen LogP contribution in [0.25, 0.3) is 0 Å². The number of rotatable bonds is 67. The van der Waals surface area contributed by atoms with E-state index in [1.165, 1.54) is 283 Å². The average molecular weight is 1140 g/mol. The van der Waals surface area contributed by atoms with E-state index in [4.69, 9.17) is 14.2 Å². The second-order valence-corrected chi connectivity index (χ2v) is 24.5. The second kappa shape index (κ2) is 69.9. The molecule has 0 aromatic carbocycles. The van der Waals surface area contributed by atoms with Gasteiger partial charge in [-0.3, -0.25) is 14.4 Å². The second-order valence-electron chi connectivity index (χ2n) is 24.5. The molecule has 0 fully saturated rings. The van der Waals surface area contributed by atoms with E-state index in [2.05, 4.69) is 69.4 Å². The first-order valence-electron chi connectivity index (χ1n) is 36.1. The van der Waals surface area contributed by atoms with Gasteiger partial charge < -0.3 is 14.2 Å². The van der Waals surface area contributed by atoms with E-state index < -0.39 is 6.10 Å². The standard InChI is InChI=1S/C75H138O6/c1-4-7-10-13-16-19-22-25-28-30-31-32-33-34-35-36-37-38-39-40-41-42-43-45-47-50-53-56-59-62-65-68-74(77)80-71-72(70-79-73(76)67-64-61-58-55-52-49-46-27-24-21-18-15-12-9-6-3)81-75(78)69-66-63-60-57-54-51-48-44-29-26-23-20-17-14-11-8-5-2/h22,25-27,29-31,46,72H,4-21,23-24,28,32-45,47-71H2,1-3H3/b25-22-,29-26-,31-30-,46-27-. The Bertz CT molecular complexity index is 1400. The summed E-state index contributed by atoms with van der Waals surface area (Å²) >= 11 is 0. The predicted octanol–water partition coefficient (Wildman–Crippen LogP) is 24.9. The van der Waals surface area contributed by atoms with Crippen molar-refractivity contribution >= 4 is 17.9 Å². The third-order valence-corrected chi connectivity index (χ3v) is 16.3. The highest BCUT2D eigenvalue weighted by molar-refractivity contribution is 5.71. The van der Waals surface area contributed by atoms with E-state index in [1.807, 2.05) is 0 Å². The third-order valence-electron chi connectivity index (χ3n) is 16.3. The maximum atomic E-state index is 12.9. The fourth-order valence-corrected chi connectivity index (χ4v) is 10.8. The number of ether oxygens (including phenoxy) is 3. The van der Waals surface area contributed by atoms with Crippen LogP contribution >= 0.6 is 0 Å². The Kier molecular flexibility index (Phi) is 67.6. The normalized spacial score (nSPS) is 12.3. The van der Waals surface area contributed by atoms with E-state index in [1.54, 1.807) is 0 Å². The van der Waals surface area contributed by atoms with Crippen LogP contribution in [0.3, 0.4) is 0 Å². The van der Waals surface area contributed by atoms with Crippen LogP contribution in [0.15, 0.2) is 48.6 Å². The third kappa shape index (κ3) is 68.0. The zero-order chi connectivity index (χ0) is 58.5. The van der Waals surface area contributed by atoms with Crippen molar-refractivity contribution in [1.82, 2.24) is 0 Å². The molecule has 474 valence electrons. The molecule has 0 radical (unpaired) electrons. The smallest absolute Gasteiger partial charge is 0.306 e. The highest BCUT2D eigenvalue weighted by Crippen LogP contribution is 2.18. The Balaban J connectivity index is 4.19. The number of carbonyl (C=O) groups is 3. The van der Waals surface area contributed by atoms with Crippen LogP contribution in [0.1, 0.15) is 393 Å². The summed E-state index contributed by atoms with van der Waals surface area (Å²) in [6.45, 7) is 6.67. The van der Waals surface area contributed by atoms with E-state index in [0.717, 1.165) is 70.6 Å². The van der Waals surface area contributed by atoms with Crippen LogP contribution in [-0.2, 0) is 28.6 Å². The molecular formula is C75H138O6. The topological polar surface area (TPSA) is 78.9 Å². The lowest BCUT2D eigenvalue weighted by molar-refractivity contribution is -0.167. The minimum atomic E-state index is -0.778. The lowest BCUT2D eigenvalue weighted by atomic mass is 10.0. The van der Waals surface area contributed by atoms with E-state index in [-0.39, 0.29) is 31.1 Å². The van der Waals surface area contributed by atoms with Crippen molar-refractivity contribution in [2.75, 3.05) is 13.2 Å². The van der Waals surface area contributed by atoms with E-state index >= 15 is 0 Å². The Morgan fingerprint density at radius 1 is 0.247 bits per heavy atom. The molecule has 0 aliphatic carbocycles. The van der Waals surface area contributed by atoms with Gasteiger partial charge in [-0.25, -0.2) is 0 Å². The summed E-state index contributed by atoms with van der Waals surface area (Å²) < 4.78 is 17.0. The summed E-state index contributed by atoms with van der Waals surface area (Å²) in [5.41, 5.74) is 0. The Hall–Kier alpha value is -2.63. The summed E-state index contributed by atoms with van der Waals surface area (Å²) in [4.78, 5) is 38.4. The van der Waals surface area contributed by atoms with E-state index in [0.29, 0.717) is 19.3 Å². The number of hydrogen-bond acceptors (Lipinski definition) is 6. The van der Waals surface area contributed by atoms with Gasteiger partial charge in [0.1, 0.15) is 13.2 Å². The molecule has 0 saturated heterocycles. The largest absolute Gasteiger partial charge is 0.462 e. The zero-order valence-corrected chi connectivity index (χ0v) is 54.6. The van der Waals surface area contributed by atoms with Crippen molar-refractivity contribution in [2.24, 2.45) is 0 Å². The first-order chi connectivity index (χ1) is 40.0. The minimum Gasteiger partial charge on any atom is -0.462 e. The lowest BCUT2D eigenvalue weighted by Gasteiger charge is -2.18. The number of unbranched alkanes of at least 4 members (excludes halogenated alkanes) is 48. The summed E-state index contributed by atoms with van der Waals surface area (Å²) in [5.74, 6) is -0.860. The molecule has 0 N–H and O–H groups in total. The molecule has 0 heterocycles. The maximum absolute atomic E-state index is 12.9. The summed E-state index contributed by atoms with van der Waals surface area (Å²) in [5, 5.41) is 0. The number of allylic oxidation sites excluding steroid dienone is 8. The van der Waals surface area contributed by atoms with Crippen molar-refractivity contribution < 1.29 is 28.6 Å². The highest BCUT2D eigenvalue weighted by atomic mass is 16.6. The molecule has 6 nitrogen and oxygen atoms in total. The molecule has 0 amide bonds. The fraction of sp³-hybridized carbons (Fsp3) is 0.853. The van der Waals surface area contributed by atoms with Crippen molar-refractivity contribution in [3.63, 3.8) is 0 Å². The first-order valence-corrected chi connectivity index (χ1v) is 36.1. The van der Waals surface area contributed by atoms with Gasteiger partial charge in [0.05, 0.1) is 0 Å². The molecule has 0 bridgehead atoms. The maximum Gasteiger partial charge on any atom is 0.306 e. The number of hydrogen-bond donors (Lipinski definition) is 0. The van der Waals surface area contributed by atoms with Crippen molar-refractivity contribution in [3.8, 4) is 0 Å². The molecule has 81 heavy (non-hydrogen) atoms. The van der Waals surface area contributed by atoms with Gasteiger partial charge in [0.25, 0.3) is 0 Å². The summed E-state index contributed by atoms with van der Waals surface area (Å²) in [7, 11) is 0. The Labute approximate surface area is 505 Å². The van der Waals surface area contributed by atoms with Gasteiger partial charge in [-0.05, 0) is 103 Å². The van der Waals surface area contributed by atoms with Crippen LogP contribution in [0, 0.1) is 0 Å². The van der Waals surface area contributed by atoms with Crippen LogP contribution < -0.4 is 0 Å². The molecule has 0 rings (SSSR count). The van der Waals surface area contributed by atoms with Crippen molar-refractivity contribution in [2.45, 2.75) is 399 Å². The van der Waals surface area contributed by atoms with Gasteiger partial charge >= 0.3 is 17.9 Å². The quantitative estimate of drug-likeness (QED) is 0.0261. The SMILES string of the molecule is CCCCCCC/C=C\C/C=C\CCCCCCCCCCCCCCCCCCCCCC(=O)OCC(COC(=O)CCCCCCC/C=C\CCCCCCCC)OC(=O)CCCCCCCCC/C=C\CCCCCCCC. The zero-order valence-electron chi connectivity index (χ0n) is 54.6. The first kappa shape index (κ1) is 78.4. The molecule has 0 aliphatic rings. The van der Waals surface area contributed by atoms with Crippen LogP contribution in [0.5, 0.6) is 0 Å². The number of carbonyl (C=O) groups excluding carboxylic acids is 3. The van der Waals surface area contributed by atoms with Gasteiger partial charge in [-0.1, -0.05) is 320 Å². The van der Waals surface area contributed by atoms with Gasteiger partial charge in [0, 0.05) is 19.3 Å². The predicted molar refractivity (Wildman–Crippen MR) is 353 cm³/mol. The molecule has 0 aromatic rings. The Morgan fingerprint density at radius 3 is 0.691 bits per heavy atom.